The third-order valence-corrected chi connectivity index (χ3v) is 1.79. The summed E-state index contributed by atoms with van der Waals surface area (Å²) in [7, 11) is 0. The molecular formula is C10H11F3Na. The summed E-state index contributed by atoms with van der Waals surface area (Å²) >= 11 is 0. The molecule has 0 spiro atoms. The smallest absolute Gasteiger partial charge is 0.166 e. The van der Waals surface area contributed by atoms with Crippen molar-refractivity contribution in [2.45, 2.75) is 25.9 Å². The molecule has 0 unspecified atom stereocenters. The maximum absolute atomic E-state index is 12.2. The van der Waals surface area contributed by atoms with Crippen molar-refractivity contribution in [2.24, 2.45) is 0 Å². The molecule has 1 radical (unpaired) electrons. The van der Waals surface area contributed by atoms with Crippen molar-refractivity contribution >= 4 is 29.6 Å². The first-order chi connectivity index (χ1) is 6.04. The molecule has 0 fully saturated rings. The molecule has 1 rings (SSSR count). The average Bonchev–Trinajstić information content (AvgIpc) is 2.04. The number of aryl methyl sites for hydroxylation is 1. The molecule has 0 heterocycles. The molecule has 0 saturated carbocycles. The number of rotatable bonds is 2. The van der Waals surface area contributed by atoms with Gasteiger partial charge < -0.3 is 0 Å². The van der Waals surface area contributed by atoms with E-state index >= 15 is 0 Å². The van der Waals surface area contributed by atoms with Gasteiger partial charge in [0.1, 0.15) is 0 Å². The fraction of sp³-hybridized carbons (Fsp3) is 0.400. The molecule has 0 N–H and O–H groups in total. The molecule has 0 aliphatic carbocycles. The summed E-state index contributed by atoms with van der Waals surface area (Å²) in [5.74, 6) is 0. The molecule has 1 aromatic carbocycles. The van der Waals surface area contributed by atoms with Gasteiger partial charge in [0.2, 0.25) is 0 Å². The molecule has 0 bridgehead atoms. The van der Waals surface area contributed by atoms with Gasteiger partial charge in [-0.15, -0.1) is 0 Å². The average molecular weight is 211 g/mol. The number of alkyl halides is 3. The quantitative estimate of drug-likeness (QED) is 0.658. The van der Waals surface area contributed by atoms with Crippen molar-refractivity contribution in [1.82, 2.24) is 0 Å². The van der Waals surface area contributed by atoms with Crippen LogP contribution in [0.4, 0.5) is 13.2 Å². The maximum atomic E-state index is 12.2. The van der Waals surface area contributed by atoms with Crippen LogP contribution in [0, 0.1) is 0 Å². The van der Waals surface area contributed by atoms with E-state index in [1.165, 1.54) is 12.1 Å². The van der Waals surface area contributed by atoms with Gasteiger partial charge >= 0.3 is 6.18 Å². The predicted octanol–water partition coefficient (Wildman–Crippen LogP) is 3.28. The van der Waals surface area contributed by atoms with Crippen molar-refractivity contribution in [2.75, 3.05) is 0 Å². The van der Waals surface area contributed by atoms with E-state index in [1.54, 1.807) is 6.07 Å². The third-order valence-electron chi connectivity index (χ3n) is 1.79. The van der Waals surface area contributed by atoms with Crippen molar-refractivity contribution < 1.29 is 13.2 Å². The maximum Gasteiger partial charge on any atom is 0.416 e. The molecule has 0 aliphatic heterocycles. The van der Waals surface area contributed by atoms with Crippen LogP contribution in [0.2, 0.25) is 0 Å². The van der Waals surface area contributed by atoms with E-state index < -0.39 is 11.7 Å². The van der Waals surface area contributed by atoms with Crippen molar-refractivity contribution in [3.8, 4) is 0 Å². The minimum atomic E-state index is -4.22. The van der Waals surface area contributed by atoms with Gasteiger partial charge in [0.05, 0.1) is 5.56 Å². The Labute approximate surface area is 104 Å². The Morgan fingerprint density at radius 1 is 1.21 bits per heavy atom. The normalized spacial score (nSPS) is 10.9. The summed E-state index contributed by atoms with van der Waals surface area (Å²) in [6, 6.07) is 5.48. The van der Waals surface area contributed by atoms with Crippen LogP contribution in [0.5, 0.6) is 0 Å². The monoisotopic (exact) mass is 211 g/mol. The second-order valence-electron chi connectivity index (χ2n) is 2.95. The Bertz CT molecular complexity index is 281. The van der Waals surface area contributed by atoms with Crippen LogP contribution in [0.1, 0.15) is 24.5 Å². The van der Waals surface area contributed by atoms with Crippen LogP contribution in [0.3, 0.4) is 0 Å². The SMILES string of the molecule is CCCc1cccc(C(F)(F)F)c1.[Na]. The molecule has 73 valence electrons. The Balaban J connectivity index is 0.00000169. The zero-order chi connectivity index (χ0) is 9.90. The molecule has 1 aromatic rings. The molecule has 4 heteroatoms. The van der Waals surface area contributed by atoms with Gasteiger partial charge in [-0.3, -0.25) is 0 Å². The largest absolute Gasteiger partial charge is 0.416 e. The topological polar surface area (TPSA) is 0 Å². The van der Waals surface area contributed by atoms with E-state index in [0.29, 0.717) is 6.42 Å². The zero-order valence-corrected chi connectivity index (χ0v) is 10.4. The van der Waals surface area contributed by atoms with Crippen molar-refractivity contribution in [3.63, 3.8) is 0 Å². The van der Waals surface area contributed by atoms with Crippen LogP contribution in [-0.4, -0.2) is 29.6 Å². The van der Waals surface area contributed by atoms with E-state index in [9.17, 15) is 13.2 Å². The summed E-state index contributed by atoms with van der Waals surface area (Å²) in [5, 5.41) is 0. The fourth-order valence-corrected chi connectivity index (χ4v) is 1.19. The Hall–Kier alpha value is 0.01000. The van der Waals surface area contributed by atoms with Gasteiger partial charge in [0, 0.05) is 29.6 Å². The third kappa shape index (κ3) is 4.03. The molecule has 0 atom stereocenters. The van der Waals surface area contributed by atoms with Gasteiger partial charge in [-0.1, -0.05) is 31.5 Å². The van der Waals surface area contributed by atoms with E-state index in [0.717, 1.165) is 18.1 Å². The predicted molar refractivity (Wildman–Crippen MR) is 51.2 cm³/mol. The summed E-state index contributed by atoms with van der Waals surface area (Å²) in [4.78, 5) is 0. The second kappa shape index (κ2) is 5.79. The van der Waals surface area contributed by atoms with Crippen LogP contribution in [-0.2, 0) is 12.6 Å². The first kappa shape index (κ1) is 14.0. The van der Waals surface area contributed by atoms with Gasteiger partial charge in [-0.2, -0.15) is 13.2 Å². The summed E-state index contributed by atoms with van der Waals surface area (Å²) in [6.45, 7) is 1.94. The Morgan fingerprint density at radius 3 is 2.36 bits per heavy atom. The van der Waals surface area contributed by atoms with E-state index in [-0.39, 0.29) is 29.6 Å². The summed E-state index contributed by atoms with van der Waals surface area (Å²) < 4.78 is 36.6. The number of hydrogen-bond donors (Lipinski definition) is 0. The number of hydrogen-bond acceptors (Lipinski definition) is 0. The molecule has 0 aromatic heterocycles. The molecular weight excluding hydrogens is 200 g/mol. The van der Waals surface area contributed by atoms with Crippen molar-refractivity contribution in [3.05, 3.63) is 35.4 Å². The summed E-state index contributed by atoms with van der Waals surface area (Å²) in [6.07, 6.45) is -2.66. The van der Waals surface area contributed by atoms with E-state index in [1.807, 2.05) is 6.92 Å². The van der Waals surface area contributed by atoms with Crippen LogP contribution in [0.15, 0.2) is 24.3 Å². The Kier molecular flexibility index (Phi) is 5.79. The summed E-state index contributed by atoms with van der Waals surface area (Å²) in [5.41, 5.74) is 0.191. The van der Waals surface area contributed by atoms with Crippen LogP contribution >= 0.6 is 0 Å². The molecule has 0 amide bonds. The molecule has 0 saturated heterocycles. The number of halogens is 3. The molecule has 0 nitrogen and oxygen atoms in total. The van der Waals surface area contributed by atoms with Crippen molar-refractivity contribution in [1.29, 1.82) is 0 Å². The zero-order valence-electron chi connectivity index (χ0n) is 8.36. The number of benzene rings is 1. The fourth-order valence-electron chi connectivity index (χ4n) is 1.19. The minimum Gasteiger partial charge on any atom is -0.166 e. The first-order valence-corrected chi connectivity index (χ1v) is 4.20. The van der Waals surface area contributed by atoms with Crippen LogP contribution < -0.4 is 0 Å². The molecule has 14 heavy (non-hydrogen) atoms. The van der Waals surface area contributed by atoms with E-state index in [4.69, 9.17) is 0 Å². The van der Waals surface area contributed by atoms with Gasteiger partial charge in [0.15, 0.2) is 0 Å². The van der Waals surface area contributed by atoms with Gasteiger partial charge in [-0.05, 0) is 18.1 Å². The second-order valence-corrected chi connectivity index (χ2v) is 2.95. The minimum absolute atomic E-state index is 0. The van der Waals surface area contributed by atoms with Gasteiger partial charge in [0.25, 0.3) is 0 Å². The van der Waals surface area contributed by atoms with Gasteiger partial charge in [-0.25, -0.2) is 0 Å². The van der Waals surface area contributed by atoms with Crippen LogP contribution in [0.25, 0.3) is 0 Å². The molecule has 0 aliphatic rings. The standard InChI is InChI=1S/C10H11F3.Na/c1-2-4-8-5-3-6-9(7-8)10(11,12)13;/h3,5-7H,2,4H2,1H3;. The first-order valence-electron chi connectivity index (χ1n) is 4.20. The van der Waals surface area contributed by atoms with E-state index in [2.05, 4.69) is 0 Å². The Morgan fingerprint density at radius 2 is 1.86 bits per heavy atom.